The molecule has 0 aliphatic heterocycles. The third-order valence-corrected chi connectivity index (χ3v) is 1.57. The molecule has 4 nitrogen and oxygen atoms in total. The molecule has 0 radical (unpaired) electrons. The minimum absolute atomic E-state index is 0.226. The molecule has 0 fully saturated rings. The van der Waals surface area contributed by atoms with E-state index >= 15 is 0 Å². The summed E-state index contributed by atoms with van der Waals surface area (Å²) in [5, 5.41) is 12.0. The Labute approximate surface area is 73.4 Å². The number of furan rings is 1. The molecule has 0 saturated heterocycles. The molecule has 1 aromatic rings. The Morgan fingerprint density at radius 3 is 2.92 bits per heavy atom. The lowest BCUT2D eigenvalue weighted by atomic mass is 10.4. The van der Waals surface area contributed by atoms with E-state index in [4.69, 9.17) is 4.42 Å². The second-order valence-electron chi connectivity index (χ2n) is 1.97. The van der Waals surface area contributed by atoms with Gasteiger partial charge in [-0.3, -0.25) is 10.1 Å². The van der Waals surface area contributed by atoms with E-state index in [0.29, 0.717) is 5.76 Å². The van der Waals surface area contributed by atoms with Crippen molar-refractivity contribution in [1.29, 1.82) is 0 Å². The molecule has 0 bridgehead atoms. The van der Waals surface area contributed by atoms with Gasteiger partial charge in [-0.05, 0) is 23.8 Å². The van der Waals surface area contributed by atoms with E-state index in [9.17, 15) is 10.1 Å². The highest BCUT2D eigenvalue weighted by molar-refractivity contribution is 8.01. The summed E-state index contributed by atoms with van der Waals surface area (Å²) >= 11 is 1.50. The Hall–Kier alpha value is -1.23. The standard InChI is InChI=1S/C7H7NO3S/c1-12-5-4-6-2-3-7(11-6)8(9)10/h2-5H,1H3/b5-4+. The van der Waals surface area contributed by atoms with Gasteiger partial charge in [-0.15, -0.1) is 11.8 Å². The Kier molecular flexibility index (Phi) is 2.93. The van der Waals surface area contributed by atoms with Crippen LogP contribution in [0.25, 0.3) is 6.08 Å². The number of rotatable bonds is 3. The van der Waals surface area contributed by atoms with E-state index < -0.39 is 4.92 Å². The van der Waals surface area contributed by atoms with Crippen LogP contribution in [0.4, 0.5) is 5.88 Å². The second kappa shape index (κ2) is 3.96. The van der Waals surface area contributed by atoms with Crippen LogP contribution < -0.4 is 0 Å². The van der Waals surface area contributed by atoms with E-state index in [1.807, 2.05) is 6.26 Å². The van der Waals surface area contributed by atoms with Crippen molar-refractivity contribution in [1.82, 2.24) is 0 Å². The quantitative estimate of drug-likeness (QED) is 0.536. The zero-order valence-electron chi connectivity index (χ0n) is 6.39. The van der Waals surface area contributed by atoms with Gasteiger partial charge in [0.2, 0.25) is 0 Å². The molecule has 1 rings (SSSR count). The minimum atomic E-state index is -0.559. The molecule has 1 heterocycles. The van der Waals surface area contributed by atoms with Gasteiger partial charge in [0, 0.05) is 0 Å². The number of hydrogen-bond donors (Lipinski definition) is 0. The third kappa shape index (κ3) is 2.13. The summed E-state index contributed by atoms with van der Waals surface area (Å²) in [6, 6.07) is 2.89. The maximum atomic E-state index is 10.2. The van der Waals surface area contributed by atoms with Crippen LogP contribution in [0, 0.1) is 10.1 Å². The summed E-state index contributed by atoms with van der Waals surface area (Å²) in [7, 11) is 0. The number of nitrogens with zero attached hydrogens (tertiary/aromatic N) is 1. The van der Waals surface area contributed by atoms with Crippen molar-refractivity contribution < 1.29 is 9.34 Å². The highest BCUT2D eigenvalue weighted by Gasteiger charge is 2.09. The van der Waals surface area contributed by atoms with Crippen LogP contribution in [0.3, 0.4) is 0 Å². The van der Waals surface area contributed by atoms with E-state index in [1.54, 1.807) is 17.6 Å². The molecule has 0 unspecified atom stereocenters. The lowest BCUT2D eigenvalue weighted by Crippen LogP contribution is -1.82. The SMILES string of the molecule is CS/C=C/c1ccc([N+](=O)[O-])o1. The predicted molar refractivity (Wildman–Crippen MR) is 47.9 cm³/mol. The van der Waals surface area contributed by atoms with Crippen molar-refractivity contribution in [2.45, 2.75) is 0 Å². The van der Waals surface area contributed by atoms with Crippen LogP contribution in [0.2, 0.25) is 0 Å². The van der Waals surface area contributed by atoms with Gasteiger partial charge in [0.05, 0.1) is 6.07 Å². The molecule has 0 saturated carbocycles. The van der Waals surface area contributed by atoms with Gasteiger partial charge in [-0.1, -0.05) is 0 Å². The van der Waals surface area contributed by atoms with Crippen LogP contribution in [0.15, 0.2) is 22.0 Å². The van der Waals surface area contributed by atoms with Crippen LogP contribution in [0.5, 0.6) is 0 Å². The lowest BCUT2D eigenvalue weighted by molar-refractivity contribution is -0.402. The summed E-state index contributed by atoms with van der Waals surface area (Å²) < 4.78 is 4.85. The van der Waals surface area contributed by atoms with Crippen LogP contribution in [-0.4, -0.2) is 11.2 Å². The van der Waals surface area contributed by atoms with E-state index in [1.165, 1.54) is 17.8 Å². The van der Waals surface area contributed by atoms with Crippen LogP contribution in [0.1, 0.15) is 5.76 Å². The smallest absolute Gasteiger partial charge is 0.401 e. The summed E-state index contributed by atoms with van der Waals surface area (Å²) in [5.41, 5.74) is 0. The van der Waals surface area contributed by atoms with Crippen LogP contribution in [-0.2, 0) is 0 Å². The van der Waals surface area contributed by atoms with Gasteiger partial charge in [-0.25, -0.2) is 0 Å². The van der Waals surface area contributed by atoms with Crippen molar-refractivity contribution in [2.75, 3.05) is 6.26 Å². The van der Waals surface area contributed by atoms with Crippen LogP contribution >= 0.6 is 11.8 Å². The predicted octanol–water partition coefficient (Wildman–Crippen LogP) is 2.52. The number of nitro groups is 1. The van der Waals surface area contributed by atoms with E-state index in [2.05, 4.69) is 0 Å². The first-order valence-electron chi connectivity index (χ1n) is 3.17. The number of hydrogen-bond acceptors (Lipinski definition) is 4. The van der Waals surface area contributed by atoms with Gasteiger partial charge >= 0.3 is 5.88 Å². The Balaban J connectivity index is 2.77. The largest absolute Gasteiger partial charge is 0.433 e. The molecule has 0 N–H and O–H groups in total. The molecular weight excluding hydrogens is 178 g/mol. The summed E-state index contributed by atoms with van der Waals surface area (Å²) in [5.74, 6) is 0.270. The highest BCUT2D eigenvalue weighted by Crippen LogP contribution is 2.17. The molecular formula is C7H7NO3S. The first-order valence-corrected chi connectivity index (χ1v) is 4.46. The topological polar surface area (TPSA) is 56.3 Å². The first kappa shape index (κ1) is 8.86. The first-order chi connectivity index (χ1) is 5.74. The maximum absolute atomic E-state index is 10.2. The zero-order valence-corrected chi connectivity index (χ0v) is 7.21. The van der Waals surface area contributed by atoms with E-state index in [0.717, 1.165) is 0 Å². The average molecular weight is 185 g/mol. The van der Waals surface area contributed by atoms with Gasteiger partial charge in [0.15, 0.2) is 0 Å². The molecule has 0 spiro atoms. The molecule has 0 aliphatic rings. The summed E-state index contributed by atoms with van der Waals surface area (Å²) in [6.07, 6.45) is 3.57. The van der Waals surface area contributed by atoms with Gasteiger partial charge in [0.25, 0.3) is 0 Å². The van der Waals surface area contributed by atoms with Gasteiger partial charge in [-0.2, -0.15) is 0 Å². The minimum Gasteiger partial charge on any atom is -0.401 e. The monoisotopic (exact) mass is 185 g/mol. The fraction of sp³-hybridized carbons (Fsp3) is 0.143. The fourth-order valence-electron chi connectivity index (χ4n) is 0.665. The maximum Gasteiger partial charge on any atom is 0.433 e. The normalized spacial score (nSPS) is 10.8. The van der Waals surface area contributed by atoms with E-state index in [-0.39, 0.29) is 5.88 Å². The fourth-order valence-corrected chi connectivity index (χ4v) is 0.935. The molecule has 0 aromatic carbocycles. The zero-order chi connectivity index (χ0) is 8.97. The molecule has 12 heavy (non-hydrogen) atoms. The molecule has 1 aromatic heterocycles. The lowest BCUT2D eigenvalue weighted by Gasteiger charge is -1.82. The van der Waals surface area contributed by atoms with Crippen molar-refractivity contribution in [3.8, 4) is 0 Å². The second-order valence-corrected chi connectivity index (χ2v) is 2.72. The molecule has 5 heteroatoms. The Morgan fingerprint density at radius 2 is 2.42 bits per heavy atom. The molecule has 0 aliphatic carbocycles. The average Bonchev–Trinajstić information content (AvgIpc) is 2.48. The summed E-state index contributed by atoms with van der Waals surface area (Å²) in [6.45, 7) is 0. The van der Waals surface area contributed by atoms with Crippen molar-refractivity contribution in [3.63, 3.8) is 0 Å². The molecule has 0 atom stereocenters. The van der Waals surface area contributed by atoms with Crippen molar-refractivity contribution >= 4 is 23.7 Å². The van der Waals surface area contributed by atoms with Gasteiger partial charge < -0.3 is 4.42 Å². The Bertz CT molecular complexity index is 305. The molecule has 0 amide bonds. The van der Waals surface area contributed by atoms with Crippen molar-refractivity contribution in [2.24, 2.45) is 0 Å². The highest BCUT2D eigenvalue weighted by atomic mass is 32.2. The third-order valence-electron chi connectivity index (χ3n) is 1.16. The molecule has 64 valence electrons. The number of thioether (sulfide) groups is 1. The van der Waals surface area contributed by atoms with Crippen molar-refractivity contribution in [3.05, 3.63) is 33.4 Å². The van der Waals surface area contributed by atoms with Gasteiger partial charge in [0.1, 0.15) is 10.7 Å². The summed E-state index contributed by atoms with van der Waals surface area (Å²) in [4.78, 5) is 9.61. The Morgan fingerprint density at radius 1 is 1.67 bits per heavy atom.